The molecule has 38 heavy (non-hydrogen) atoms. The molecule has 9 nitrogen and oxygen atoms in total. The Hall–Kier alpha value is -4.50. The minimum Gasteiger partial charge on any atom is -0.357 e. The number of rotatable bonds is 5. The van der Waals surface area contributed by atoms with Gasteiger partial charge in [0.15, 0.2) is 0 Å². The third-order valence-electron chi connectivity index (χ3n) is 7.42. The number of fused-ring (bicyclic) bond motifs is 5. The Morgan fingerprint density at radius 3 is 2.45 bits per heavy atom. The van der Waals surface area contributed by atoms with Gasteiger partial charge in [-0.1, -0.05) is 66.2 Å². The fraction of sp³-hybridized carbons (Fsp3) is 0.179. The molecule has 1 unspecified atom stereocenters. The predicted octanol–water partition coefficient (Wildman–Crippen LogP) is 4.40. The van der Waals surface area contributed by atoms with Crippen molar-refractivity contribution >= 4 is 46.8 Å². The van der Waals surface area contributed by atoms with Crippen LogP contribution in [0.3, 0.4) is 0 Å². The molecule has 1 N–H and O–H groups in total. The second kappa shape index (κ2) is 9.11. The van der Waals surface area contributed by atoms with E-state index in [4.69, 9.17) is 11.6 Å². The maximum absolute atomic E-state index is 13.8. The van der Waals surface area contributed by atoms with Crippen LogP contribution < -0.4 is 5.32 Å². The van der Waals surface area contributed by atoms with Crippen molar-refractivity contribution in [2.75, 3.05) is 5.32 Å². The van der Waals surface area contributed by atoms with E-state index in [0.29, 0.717) is 0 Å². The van der Waals surface area contributed by atoms with E-state index in [9.17, 15) is 24.5 Å². The first-order chi connectivity index (χ1) is 18.3. The van der Waals surface area contributed by atoms with Crippen molar-refractivity contribution in [1.82, 2.24) is 9.80 Å². The molecule has 3 aromatic rings. The molecule has 0 saturated carbocycles. The fourth-order valence-electron chi connectivity index (χ4n) is 5.77. The zero-order valence-corrected chi connectivity index (χ0v) is 20.6. The first-order valence-electron chi connectivity index (χ1n) is 12.0. The summed E-state index contributed by atoms with van der Waals surface area (Å²) in [5.74, 6) is -3.03. The van der Waals surface area contributed by atoms with Crippen LogP contribution in [0.1, 0.15) is 22.7 Å². The van der Waals surface area contributed by atoms with Gasteiger partial charge in [-0.2, -0.15) is 0 Å². The quantitative estimate of drug-likeness (QED) is 0.298. The number of amides is 3. The molecular formula is C28H21ClN4O5. The van der Waals surface area contributed by atoms with Crippen LogP contribution in [-0.2, 0) is 20.9 Å². The number of nitro benzene ring substituents is 1. The van der Waals surface area contributed by atoms with E-state index >= 15 is 0 Å². The van der Waals surface area contributed by atoms with Gasteiger partial charge in [0.2, 0.25) is 17.7 Å². The van der Waals surface area contributed by atoms with Gasteiger partial charge in [0, 0.05) is 18.3 Å². The number of hydrogen-bond acceptors (Lipinski definition) is 6. The van der Waals surface area contributed by atoms with E-state index in [0.717, 1.165) is 16.7 Å². The number of nitrogens with zero attached hydrogens (tertiary/aromatic N) is 3. The highest BCUT2D eigenvalue weighted by molar-refractivity contribution is 6.34. The van der Waals surface area contributed by atoms with Gasteiger partial charge >= 0.3 is 0 Å². The van der Waals surface area contributed by atoms with Gasteiger partial charge in [-0.05, 0) is 28.8 Å². The summed E-state index contributed by atoms with van der Waals surface area (Å²) < 4.78 is 0. The van der Waals surface area contributed by atoms with Crippen molar-refractivity contribution in [3.05, 3.63) is 111 Å². The van der Waals surface area contributed by atoms with E-state index in [2.05, 4.69) is 5.32 Å². The number of likely N-dealkylation sites (tertiary alicyclic amines) is 1. The molecule has 3 heterocycles. The van der Waals surface area contributed by atoms with Gasteiger partial charge in [-0.3, -0.25) is 29.4 Å². The average Bonchev–Trinajstić information content (AvgIpc) is 3.39. The van der Waals surface area contributed by atoms with Gasteiger partial charge in [0.05, 0.1) is 40.1 Å². The predicted molar refractivity (Wildman–Crippen MR) is 140 cm³/mol. The highest BCUT2D eigenvalue weighted by Crippen LogP contribution is 2.53. The van der Waals surface area contributed by atoms with E-state index < -0.39 is 40.7 Å². The first kappa shape index (κ1) is 23.9. The van der Waals surface area contributed by atoms with Gasteiger partial charge in [0.1, 0.15) is 6.04 Å². The lowest BCUT2D eigenvalue weighted by Gasteiger charge is -2.35. The largest absolute Gasteiger partial charge is 0.357 e. The Labute approximate surface area is 222 Å². The summed E-state index contributed by atoms with van der Waals surface area (Å²) >= 11 is 6.24. The second-order valence-electron chi connectivity index (χ2n) is 9.49. The van der Waals surface area contributed by atoms with E-state index in [1.54, 1.807) is 11.1 Å². The molecule has 3 amide bonds. The molecular weight excluding hydrogens is 508 g/mol. The Kier molecular flexibility index (Phi) is 5.72. The number of imide groups is 1. The summed E-state index contributed by atoms with van der Waals surface area (Å²) in [7, 11) is 0. The maximum atomic E-state index is 13.8. The van der Waals surface area contributed by atoms with Crippen LogP contribution >= 0.6 is 11.6 Å². The van der Waals surface area contributed by atoms with Crippen molar-refractivity contribution in [2.24, 2.45) is 11.8 Å². The fourth-order valence-corrected chi connectivity index (χ4v) is 5.93. The highest BCUT2D eigenvalue weighted by Gasteiger charge is 2.64. The summed E-state index contributed by atoms with van der Waals surface area (Å²) in [6.45, 7) is 0.112. The number of nitrogens with one attached hydrogen (secondary N) is 1. The number of non-ortho nitro benzene ring substituents is 1. The molecule has 2 saturated heterocycles. The number of carbonyl (C=O) groups excluding carboxylic acids is 3. The molecule has 0 aliphatic carbocycles. The van der Waals surface area contributed by atoms with Crippen LogP contribution in [0.25, 0.3) is 6.08 Å². The monoisotopic (exact) mass is 528 g/mol. The zero-order chi connectivity index (χ0) is 26.6. The minimum atomic E-state index is -1.03. The molecule has 0 spiro atoms. The van der Waals surface area contributed by atoms with Crippen LogP contribution in [0.15, 0.2) is 79.0 Å². The molecule has 0 bridgehead atoms. The summed E-state index contributed by atoms with van der Waals surface area (Å²) in [6, 6.07) is 19.0. The number of hydrogen-bond donors (Lipinski definition) is 1. The number of halogens is 1. The van der Waals surface area contributed by atoms with Crippen LogP contribution in [0.5, 0.6) is 0 Å². The molecule has 3 aliphatic rings. The van der Waals surface area contributed by atoms with Crippen molar-refractivity contribution in [1.29, 1.82) is 0 Å². The SMILES string of the molecule is O=C(Nc1cc([N+](=O)[O-])ccc1Cl)[C@@H]1[C@@H]2C(=O)N(Cc3ccccc3)C(=O)[C@@H]2C2c3ccccc3C=CN21. The van der Waals surface area contributed by atoms with Crippen LogP contribution in [0.2, 0.25) is 5.02 Å². The molecule has 0 aromatic heterocycles. The summed E-state index contributed by atoms with van der Waals surface area (Å²) in [6.07, 6.45) is 3.59. The molecule has 4 atom stereocenters. The Bertz CT molecular complexity index is 1520. The molecule has 10 heteroatoms. The van der Waals surface area contributed by atoms with E-state index in [-0.39, 0.29) is 28.8 Å². The Morgan fingerprint density at radius 2 is 1.68 bits per heavy atom. The van der Waals surface area contributed by atoms with E-state index in [1.165, 1.54) is 23.1 Å². The Balaban J connectivity index is 1.40. The normalized spacial score (nSPS) is 23.2. The number of benzene rings is 3. The minimum absolute atomic E-state index is 0.0603. The van der Waals surface area contributed by atoms with Crippen molar-refractivity contribution < 1.29 is 19.3 Å². The van der Waals surface area contributed by atoms with Crippen LogP contribution in [0, 0.1) is 22.0 Å². The molecule has 190 valence electrons. The lowest BCUT2D eigenvalue weighted by atomic mass is 9.84. The maximum Gasteiger partial charge on any atom is 0.271 e. The summed E-state index contributed by atoms with van der Waals surface area (Å²) in [5.41, 5.74) is 2.40. The molecule has 3 aromatic carbocycles. The van der Waals surface area contributed by atoms with Crippen molar-refractivity contribution in [2.45, 2.75) is 18.6 Å². The van der Waals surface area contributed by atoms with Crippen molar-refractivity contribution in [3.8, 4) is 0 Å². The van der Waals surface area contributed by atoms with Gasteiger partial charge in [-0.15, -0.1) is 0 Å². The smallest absolute Gasteiger partial charge is 0.271 e. The molecule has 6 rings (SSSR count). The standard InChI is InChI=1S/C28H21ClN4O5/c29-20-11-10-18(33(37)38)14-21(20)30-26(34)25-23-22(24-19-9-5-4-8-17(19)12-13-31(24)25)27(35)32(28(23)36)15-16-6-2-1-3-7-16/h1-14,22-25H,15H2,(H,30,34)/t22-,23+,24?,25-/m0/s1. The second-order valence-corrected chi connectivity index (χ2v) is 9.90. The number of anilines is 1. The third kappa shape index (κ3) is 3.74. The van der Waals surface area contributed by atoms with Gasteiger partial charge in [0.25, 0.3) is 5.69 Å². The first-order valence-corrected chi connectivity index (χ1v) is 12.4. The highest BCUT2D eigenvalue weighted by atomic mass is 35.5. The van der Waals surface area contributed by atoms with Gasteiger partial charge < -0.3 is 10.2 Å². The molecule has 0 radical (unpaired) electrons. The van der Waals surface area contributed by atoms with Crippen molar-refractivity contribution in [3.63, 3.8) is 0 Å². The zero-order valence-electron chi connectivity index (χ0n) is 19.9. The average molecular weight is 529 g/mol. The lowest BCUT2D eigenvalue weighted by Crippen LogP contribution is -2.46. The molecule has 3 aliphatic heterocycles. The molecule has 2 fully saturated rings. The topological polar surface area (TPSA) is 113 Å². The number of carbonyl (C=O) groups is 3. The summed E-state index contributed by atoms with van der Waals surface area (Å²) in [5, 5.41) is 14.1. The van der Waals surface area contributed by atoms with E-state index in [1.807, 2.05) is 60.7 Å². The van der Waals surface area contributed by atoms with Gasteiger partial charge in [-0.25, -0.2) is 0 Å². The van der Waals surface area contributed by atoms with Crippen LogP contribution in [0.4, 0.5) is 11.4 Å². The van der Waals surface area contributed by atoms with Crippen LogP contribution in [-0.4, -0.2) is 38.5 Å². The summed E-state index contributed by atoms with van der Waals surface area (Å²) in [4.78, 5) is 55.0. The lowest BCUT2D eigenvalue weighted by molar-refractivity contribution is -0.384. The third-order valence-corrected chi connectivity index (χ3v) is 7.75. The number of nitro groups is 1. The Morgan fingerprint density at radius 1 is 0.974 bits per heavy atom.